The molecule has 0 bridgehead atoms. The van der Waals surface area contributed by atoms with Crippen LogP contribution in [0.25, 0.3) is 11.0 Å². The van der Waals surface area contributed by atoms with Gasteiger partial charge in [0.15, 0.2) is 17.3 Å². The summed E-state index contributed by atoms with van der Waals surface area (Å²) >= 11 is 0. The molecule has 0 atom stereocenters. The molecule has 0 amide bonds. The summed E-state index contributed by atoms with van der Waals surface area (Å²) < 4.78 is 55.8. The molecule has 11 heteroatoms. The molecular formula is C16H11F4N5O2. The van der Waals surface area contributed by atoms with Crippen LogP contribution in [0, 0.1) is 23.3 Å². The number of nitrogens with two attached hydrogens (primary N) is 1. The highest BCUT2D eigenvalue weighted by atomic mass is 19.2. The minimum Gasteiger partial charge on any atom is -0.480 e. The smallest absolute Gasteiger partial charge is 0.325 e. The van der Waals surface area contributed by atoms with E-state index in [9.17, 15) is 22.4 Å². The Morgan fingerprint density at radius 2 is 1.93 bits per heavy atom. The summed E-state index contributed by atoms with van der Waals surface area (Å²) in [5.74, 6) is -5.96. The fourth-order valence-corrected chi connectivity index (χ4v) is 2.42. The van der Waals surface area contributed by atoms with Gasteiger partial charge in [-0.05, 0) is 18.2 Å². The van der Waals surface area contributed by atoms with Gasteiger partial charge in [-0.3, -0.25) is 9.79 Å². The number of hydrogen-bond donors (Lipinski definition) is 2. The van der Waals surface area contributed by atoms with Crippen LogP contribution in [-0.4, -0.2) is 38.2 Å². The van der Waals surface area contributed by atoms with E-state index in [0.717, 1.165) is 23.0 Å². The molecule has 0 saturated heterocycles. The van der Waals surface area contributed by atoms with Gasteiger partial charge < -0.3 is 10.8 Å². The van der Waals surface area contributed by atoms with Gasteiger partial charge in [0.25, 0.3) is 0 Å². The zero-order valence-corrected chi connectivity index (χ0v) is 13.5. The molecule has 27 heavy (non-hydrogen) atoms. The number of carboxylic acids is 1. The van der Waals surface area contributed by atoms with Crippen LogP contribution in [-0.2, 0) is 11.3 Å². The highest BCUT2D eigenvalue weighted by molar-refractivity contribution is 6.06. The molecule has 1 aromatic carbocycles. The Kier molecular flexibility index (Phi) is 4.75. The molecule has 3 aromatic rings. The molecule has 0 saturated carbocycles. The lowest BCUT2D eigenvalue weighted by Gasteiger charge is -2.06. The van der Waals surface area contributed by atoms with Crippen molar-refractivity contribution in [2.45, 2.75) is 6.54 Å². The average molecular weight is 381 g/mol. The number of nitrogens with zero attached hydrogens (tertiary/aromatic N) is 4. The van der Waals surface area contributed by atoms with Crippen molar-refractivity contribution < 1.29 is 27.5 Å². The summed E-state index contributed by atoms with van der Waals surface area (Å²) in [4.78, 5) is 18.0. The first kappa shape index (κ1) is 18.3. The Labute approximate surface area is 148 Å². The topological polar surface area (TPSA) is 106 Å². The van der Waals surface area contributed by atoms with Gasteiger partial charge in [0.1, 0.15) is 29.7 Å². The predicted molar refractivity (Wildman–Crippen MR) is 86.1 cm³/mol. The number of carbonyl (C=O) groups is 1. The number of carboxylic acid groups (broad SMARTS) is 1. The van der Waals surface area contributed by atoms with E-state index in [4.69, 9.17) is 10.8 Å². The minimum atomic E-state index is -1.39. The normalized spacial score (nSPS) is 11.9. The number of aromatic nitrogens is 3. The first-order valence-corrected chi connectivity index (χ1v) is 7.44. The number of halogens is 4. The summed E-state index contributed by atoms with van der Waals surface area (Å²) in [7, 11) is 0. The van der Waals surface area contributed by atoms with Crippen LogP contribution in [0.2, 0.25) is 0 Å². The van der Waals surface area contributed by atoms with Crippen LogP contribution >= 0.6 is 0 Å². The summed E-state index contributed by atoms with van der Waals surface area (Å²) in [5.41, 5.74) is 4.98. The molecule has 2 heterocycles. The maximum atomic E-state index is 13.9. The first-order chi connectivity index (χ1) is 12.8. The van der Waals surface area contributed by atoms with E-state index in [1.807, 2.05) is 0 Å². The van der Waals surface area contributed by atoms with Gasteiger partial charge in [-0.25, -0.2) is 27.2 Å². The van der Waals surface area contributed by atoms with E-state index < -0.39 is 47.9 Å². The van der Waals surface area contributed by atoms with Crippen LogP contribution in [0.1, 0.15) is 11.3 Å². The second-order valence-corrected chi connectivity index (χ2v) is 5.45. The Balaban J connectivity index is 2.14. The van der Waals surface area contributed by atoms with Gasteiger partial charge in [0.2, 0.25) is 0 Å². The van der Waals surface area contributed by atoms with Crippen LogP contribution in [0.4, 0.5) is 17.6 Å². The summed E-state index contributed by atoms with van der Waals surface area (Å²) in [5, 5.41) is 12.7. The second-order valence-electron chi connectivity index (χ2n) is 5.45. The number of benzene rings is 1. The van der Waals surface area contributed by atoms with Crippen molar-refractivity contribution in [3.8, 4) is 0 Å². The van der Waals surface area contributed by atoms with Crippen LogP contribution in [0.5, 0.6) is 0 Å². The van der Waals surface area contributed by atoms with Crippen molar-refractivity contribution in [3.63, 3.8) is 0 Å². The Hall–Kier alpha value is -3.50. The number of aliphatic imine (C=N–C) groups is 1. The van der Waals surface area contributed by atoms with Crippen molar-refractivity contribution in [3.05, 3.63) is 58.9 Å². The van der Waals surface area contributed by atoms with E-state index in [1.54, 1.807) is 0 Å². The summed E-state index contributed by atoms with van der Waals surface area (Å²) in [6, 6.07) is 2.42. The van der Waals surface area contributed by atoms with Crippen molar-refractivity contribution in [2.24, 2.45) is 10.7 Å². The lowest BCUT2D eigenvalue weighted by molar-refractivity contribution is -0.135. The molecule has 0 fully saturated rings. The van der Waals surface area contributed by atoms with E-state index >= 15 is 0 Å². The fraction of sp³-hybridized carbons (Fsp3) is 0.125. The van der Waals surface area contributed by atoms with Crippen LogP contribution in [0.15, 0.2) is 29.4 Å². The van der Waals surface area contributed by atoms with Crippen molar-refractivity contribution in [2.75, 3.05) is 6.54 Å². The lowest BCUT2D eigenvalue weighted by atomic mass is 10.2. The molecular weight excluding hydrogens is 370 g/mol. The molecule has 0 unspecified atom stereocenters. The lowest BCUT2D eigenvalue weighted by Crippen LogP contribution is -2.17. The predicted octanol–water partition coefficient (Wildman–Crippen LogP) is 1.83. The quantitative estimate of drug-likeness (QED) is 0.304. The van der Waals surface area contributed by atoms with E-state index in [2.05, 4.69) is 15.1 Å². The third-order valence-electron chi connectivity index (χ3n) is 3.63. The fourth-order valence-electron chi connectivity index (χ4n) is 2.42. The van der Waals surface area contributed by atoms with E-state index in [0.29, 0.717) is 6.07 Å². The number of rotatable bonds is 5. The van der Waals surface area contributed by atoms with Gasteiger partial charge >= 0.3 is 5.97 Å². The van der Waals surface area contributed by atoms with Gasteiger partial charge in [-0.1, -0.05) is 0 Å². The molecule has 0 aliphatic rings. The third-order valence-corrected chi connectivity index (χ3v) is 3.63. The molecule has 3 rings (SSSR count). The van der Waals surface area contributed by atoms with Crippen LogP contribution < -0.4 is 5.73 Å². The SMILES string of the molecule is NC(=NCC(=O)O)c1nn(Cc2c(F)ccc(F)c2F)c2ncc(F)cc12. The molecule has 0 spiro atoms. The zero-order chi connectivity index (χ0) is 19.7. The number of aliphatic carboxylic acids is 1. The standard InChI is InChI=1S/C16H11F4N5O2/c17-7-3-8-14(15(21)22-5-12(26)27)24-25(16(8)23-4-7)6-9-10(18)1-2-11(19)13(9)20/h1-4H,5-6H2,(H2,21,22)(H,26,27). The second kappa shape index (κ2) is 7.02. The maximum absolute atomic E-state index is 13.9. The number of amidine groups is 1. The molecule has 0 aliphatic heterocycles. The van der Waals surface area contributed by atoms with Gasteiger partial charge in [-0.15, -0.1) is 0 Å². The summed E-state index contributed by atoms with van der Waals surface area (Å²) in [6.07, 6.45) is 0.854. The monoisotopic (exact) mass is 381 g/mol. The van der Waals surface area contributed by atoms with Crippen molar-refractivity contribution in [1.82, 2.24) is 14.8 Å². The number of hydrogen-bond acceptors (Lipinski definition) is 4. The molecule has 7 nitrogen and oxygen atoms in total. The number of fused-ring (bicyclic) bond motifs is 1. The molecule has 2 aromatic heterocycles. The van der Waals surface area contributed by atoms with Crippen LogP contribution in [0.3, 0.4) is 0 Å². The number of pyridine rings is 1. The highest BCUT2D eigenvalue weighted by Crippen LogP contribution is 2.22. The summed E-state index contributed by atoms with van der Waals surface area (Å²) in [6.45, 7) is -1.22. The molecule has 0 aliphatic carbocycles. The van der Waals surface area contributed by atoms with Gasteiger partial charge in [0, 0.05) is 5.56 Å². The Bertz CT molecular complexity index is 1080. The minimum absolute atomic E-state index is 0.00272. The highest BCUT2D eigenvalue weighted by Gasteiger charge is 2.20. The van der Waals surface area contributed by atoms with Gasteiger partial charge in [0.05, 0.1) is 18.1 Å². The van der Waals surface area contributed by atoms with Crippen molar-refractivity contribution in [1.29, 1.82) is 0 Å². The average Bonchev–Trinajstić information content (AvgIpc) is 2.97. The zero-order valence-electron chi connectivity index (χ0n) is 13.5. The molecule has 0 radical (unpaired) electrons. The van der Waals surface area contributed by atoms with E-state index in [1.165, 1.54) is 0 Å². The maximum Gasteiger partial charge on any atom is 0.325 e. The molecule has 140 valence electrons. The largest absolute Gasteiger partial charge is 0.480 e. The third kappa shape index (κ3) is 3.57. The Morgan fingerprint density at radius 3 is 2.63 bits per heavy atom. The van der Waals surface area contributed by atoms with Crippen molar-refractivity contribution >= 4 is 22.8 Å². The van der Waals surface area contributed by atoms with Gasteiger partial charge in [-0.2, -0.15) is 5.10 Å². The first-order valence-electron chi connectivity index (χ1n) is 7.44. The molecule has 3 N–H and O–H groups in total. The van der Waals surface area contributed by atoms with E-state index in [-0.39, 0.29) is 22.6 Å². The Morgan fingerprint density at radius 1 is 1.22 bits per heavy atom.